The van der Waals surface area contributed by atoms with E-state index in [-0.39, 0.29) is 36.7 Å². The van der Waals surface area contributed by atoms with Gasteiger partial charge in [0, 0.05) is 19.3 Å². The zero-order valence-corrected chi connectivity index (χ0v) is 35.5. The Morgan fingerprint density at radius 3 is 1.43 bits per heavy atom. The van der Waals surface area contributed by atoms with Crippen molar-refractivity contribution in [2.75, 3.05) is 41.0 Å². The summed E-state index contributed by atoms with van der Waals surface area (Å²) in [7, 11) is 5.47. The lowest BCUT2D eigenvalue weighted by Gasteiger charge is -2.31. The smallest absolute Gasteiger partial charge is 0.362 e. The molecule has 314 valence electrons. The van der Waals surface area contributed by atoms with Crippen LogP contribution in [0.15, 0.2) is 109 Å². The maximum absolute atomic E-state index is 12.7. The first-order valence-electron chi connectivity index (χ1n) is 20.9. The van der Waals surface area contributed by atoms with Gasteiger partial charge in [-0.15, -0.1) is 0 Å². The summed E-state index contributed by atoms with van der Waals surface area (Å²) in [4.78, 5) is 36.9. The number of quaternary nitrogens is 1. The average molecular weight is 779 g/mol. The fourth-order valence-corrected chi connectivity index (χ4v) is 5.25. The molecule has 0 saturated heterocycles. The first-order chi connectivity index (χ1) is 27.1. The molecule has 0 fully saturated rings. The van der Waals surface area contributed by atoms with Crippen molar-refractivity contribution in [3.05, 3.63) is 109 Å². The van der Waals surface area contributed by atoms with Gasteiger partial charge in [0.1, 0.15) is 6.61 Å². The second-order valence-electron chi connectivity index (χ2n) is 14.5. The normalized spacial score (nSPS) is 14.1. The number of carbonyl (C=O) groups excluding carboxylic acids is 2. The molecule has 0 aliphatic carbocycles. The molecule has 0 amide bonds. The Balaban J connectivity index is 4.58. The van der Waals surface area contributed by atoms with Crippen LogP contribution in [0.4, 0.5) is 0 Å². The van der Waals surface area contributed by atoms with Crippen LogP contribution in [0.2, 0.25) is 0 Å². The van der Waals surface area contributed by atoms with Gasteiger partial charge in [-0.1, -0.05) is 130 Å². The summed E-state index contributed by atoms with van der Waals surface area (Å²) in [6.45, 7) is 4.36. The predicted molar refractivity (Wildman–Crippen MR) is 233 cm³/mol. The van der Waals surface area contributed by atoms with E-state index in [0.29, 0.717) is 19.3 Å². The van der Waals surface area contributed by atoms with Crippen LogP contribution < -0.4 is 0 Å². The molecule has 0 aliphatic rings. The minimum absolute atomic E-state index is 0.0133. The van der Waals surface area contributed by atoms with Gasteiger partial charge in [0.05, 0.1) is 34.4 Å². The zero-order valence-electron chi connectivity index (χ0n) is 35.5. The number of rotatable bonds is 35. The number of carboxylic acid groups (broad SMARTS) is 1. The van der Waals surface area contributed by atoms with Gasteiger partial charge < -0.3 is 23.8 Å². The molecule has 2 unspecified atom stereocenters. The van der Waals surface area contributed by atoms with E-state index in [1.54, 1.807) is 0 Å². The van der Waals surface area contributed by atoms with Crippen LogP contribution in [-0.4, -0.2) is 80.6 Å². The van der Waals surface area contributed by atoms with E-state index in [2.05, 4.69) is 111 Å². The third-order valence-electron chi connectivity index (χ3n) is 8.43. The lowest BCUT2D eigenvalue weighted by Crippen LogP contribution is -2.50. The minimum Gasteiger partial charge on any atom is -0.477 e. The fourth-order valence-electron chi connectivity index (χ4n) is 5.25. The highest BCUT2D eigenvalue weighted by atomic mass is 16.6. The topological polar surface area (TPSA) is 99.1 Å². The van der Waals surface area contributed by atoms with Crippen LogP contribution in [0.1, 0.15) is 123 Å². The van der Waals surface area contributed by atoms with E-state index in [0.717, 1.165) is 83.5 Å². The standard InChI is InChI=1S/C48H75NO7/c1-6-8-10-12-14-16-18-20-21-22-23-24-25-27-29-31-33-35-37-39-47(51)56-44(42-54-41-40-45(48(52)53)49(3,4)5)43-55-46(50)38-36-34-32-30-28-26-19-17-15-13-11-9-7-2/h8-11,14-17,20-21,23-24,26-29,33,35,44-45H,6-7,12-13,18-19,22,25,30-32,34,36-43H2,1-5H3/p+1/b10-8-,11-9-,16-14-,17-15-,21-20-,24-23-,28-26-,29-27-,35-33-. The highest BCUT2D eigenvalue weighted by Crippen LogP contribution is 2.11. The number of carbonyl (C=O) groups is 3. The van der Waals surface area contributed by atoms with Gasteiger partial charge in [-0.05, 0) is 83.5 Å². The van der Waals surface area contributed by atoms with E-state index in [4.69, 9.17) is 14.2 Å². The van der Waals surface area contributed by atoms with E-state index >= 15 is 0 Å². The van der Waals surface area contributed by atoms with Crippen LogP contribution in [0, 0.1) is 0 Å². The second kappa shape index (κ2) is 37.9. The molecule has 8 nitrogen and oxygen atoms in total. The van der Waals surface area contributed by atoms with Crippen molar-refractivity contribution in [2.24, 2.45) is 0 Å². The Kier molecular flexibility index (Phi) is 35.2. The summed E-state index contributed by atoms with van der Waals surface area (Å²) in [6, 6.07) is -0.638. The van der Waals surface area contributed by atoms with Crippen molar-refractivity contribution in [2.45, 2.75) is 135 Å². The maximum atomic E-state index is 12.7. The number of hydrogen-bond donors (Lipinski definition) is 1. The number of esters is 2. The van der Waals surface area contributed by atoms with Gasteiger partial charge in [0.15, 0.2) is 12.1 Å². The Labute approximate surface area is 340 Å². The van der Waals surface area contributed by atoms with Crippen molar-refractivity contribution in [1.29, 1.82) is 0 Å². The van der Waals surface area contributed by atoms with Crippen molar-refractivity contribution in [3.8, 4) is 0 Å². The molecule has 1 N–H and O–H groups in total. The molecule has 0 aliphatic heterocycles. The highest BCUT2D eigenvalue weighted by molar-refractivity contribution is 5.72. The Hall–Kier alpha value is -4.01. The summed E-state index contributed by atoms with van der Waals surface area (Å²) in [5.41, 5.74) is 0. The van der Waals surface area contributed by atoms with E-state index < -0.39 is 24.1 Å². The quantitative estimate of drug-likeness (QED) is 0.0296. The molecule has 0 radical (unpaired) electrons. The third kappa shape index (κ3) is 35.7. The molecular weight excluding hydrogens is 703 g/mol. The Morgan fingerprint density at radius 2 is 0.982 bits per heavy atom. The zero-order chi connectivity index (χ0) is 41.4. The van der Waals surface area contributed by atoms with Crippen LogP contribution >= 0.6 is 0 Å². The number of allylic oxidation sites excluding steroid dienone is 18. The molecule has 0 aromatic rings. The summed E-state index contributed by atoms with van der Waals surface area (Å²) in [6.07, 6.45) is 51.5. The van der Waals surface area contributed by atoms with Gasteiger partial charge in [0.2, 0.25) is 0 Å². The second-order valence-corrected chi connectivity index (χ2v) is 14.5. The number of nitrogens with zero attached hydrogens (tertiary/aromatic N) is 1. The molecule has 56 heavy (non-hydrogen) atoms. The monoisotopic (exact) mass is 779 g/mol. The molecule has 0 aromatic carbocycles. The molecule has 2 atom stereocenters. The van der Waals surface area contributed by atoms with Crippen molar-refractivity contribution in [3.63, 3.8) is 0 Å². The molecule has 8 heteroatoms. The summed E-state index contributed by atoms with van der Waals surface area (Å²) >= 11 is 0. The number of unbranched alkanes of at least 4 members (excludes halogenated alkanes) is 3. The fraction of sp³-hybridized carbons (Fsp3) is 0.562. The number of carboxylic acids is 1. The highest BCUT2D eigenvalue weighted by Gasteiger charge is 2.31. The van der Waals surface area contributed by atoms with E-state index in [9.17, 15) is 19.5 Å². The number of likely N-dealkylation sites (N-methyl/N-ethyl adjacent to an activating group) is 1. The van der Waals surface area contributed by atoms with Gasteiger partial charge in [0.25, 0.3) is 0 Å². The summed E-state index contributed by atoms with van der Waals surface area (Å²) in [5, 5.41) is 9.60. The number of ether oxygens (including phenoxy) is 3. The molecule has 0 heterocycles. The third-order valence-corrected chi connectivity index (χ3v) is 8.43. The van der Waals surface area contributed by atoms with Crippen LogP contribution in [-0.2, 0) is 28.6 Å². The molecule has 0 spiro atoms. The van der Waals surface area contributed by atoms with Crippen molar-refractivity contribution < 1.29 is 38.2 Å². The molecule has 0 bridgehead atoms. The van der Waals surface area contributed by atoms with Crippen molar-refractivity contribution in [1.82, 2.24) is 0 Å². The SMILES string of the molecule is CC/C=C\C/C=C\C/C=C\C/C=C\C/C=C\C/C=C\CCC(=O)OC(COCCC(C(=O)O)[N+](C)(C)C)COC(=O)CCCCC/C=C\C/C=C\C/C=C\CC. The average Bonchev–Trinajstić information content (AvgIpc) is 3.15. The Morgan fingerprint density at radius 1 is 0.536 bits per heavy atom. The molecule has 0 rings (SSSR count). The summed E-state index contributed by atoms with van der Waals surface area (Å²) < 4.78 is 17.1. The lowest BCUT2D eigenvalue weighted by atomic mass is 10.1. The molecular formula is C48H76NO7+. The maximum Gasteiger partial charge on any atom is 0.362 e. The lowest BCUT2D eigenvalue weighted by molar-refractivity contribution is -0.887. The van der Waals surface area contributed by atoms with Gasteiger partial charge in [-0.25, -0.2) is 4.79 Å². The predicted octanol–water partition coefficient (Wildman–Crippen LogP) is 11.3. The number of aliphatic carboxylic acids is 1. The van der Waals surface area contributed by atoms with Gasteiger partial charge in [-0.3, -0.25) is 9.59 Å². The van der Waals surface area contributed by atoms with Crippen molar-refractivity contribution >= 4 is 17.9 Å². The molecule has 0 saturated carbocycles. The van der Waals surface area contributed by atoms with E-state index in [1.807, 2.05) is 33.3 Å². The first-order valence-corrected chi connectivity index (χ1v) is 20.9. The summed E-state index contributed by atoms with van der Waals surface area (Å²) in [5.74, 6) is -1.63. The first kappa shape index (κ1) is 52.0. The van der Waals surface area contributed by atoms with Gasteiger partial charge in [-0.2, -0.15) is 0 Å². The molecule has 0 aromatic heterocycles. The number of hydrogen-bond acceptors (Lipinski definition) is 6. The Bertz CT molecular complexity index is 1280. The van der Waals surface area contributed by atoms with Crippen LogP contribution in [0.5, 0.6) is 0 Å². The minimum atomic E-state index is -0.897. The van der Waals surface area contributed by atoms with Crippen LogP contribution in [0.3, 0.4) is 0 Å². The largest absolute Gasteiger partial charge is 0.477 e. The van der Waals surface area contributed by atoms with E-state index in [1.165, 1.54) is 0 Å². The van der Waals surface area contributed by atoms with Gasteiger partial charge >= 0.3 is 17.9 Å². The van der Waals surface area contributed by atoms with Crippen LogP contribution in [0.25, 0.3) is 0 Å².